The van der Waals surface area contributed by atoms with E-state index in [1.165, 1.54) is 11.3 Å². The first-order valence-electron chi connectivity index (χ1n) is 7.15. The molecule has 3 rings (SSSR count). The number of para-hydroxylation sites is 1. The Kier molecular flexibility index (Phi) is 3.47. The van der Waals surface area contributed by atoms with Crippen LogP contribution in [0.15, 0.2) is 36.5 Å². The fourth-order valence-electron chi connectivity index (χ4n) is 2.74. The Morgan fingerprint density at radius 1 is 1.24 bits per heavy atom. The minimum Gasteiger partial charge on any atom is -0.324 e. The molecule has 0 amide bonds. The Morgan fingerprint density at radius 3 is 2.71 bits per heavy atom. The predicted molar refractivity (Wildman–Crippen MR) is 85.1 cm³/mol. The minimum atomic E-state index is -0.0660. The summed E-state index contributed by atoms with van der Waals surface area (Å²) in [4.78, 5) is 4.49. The smallest absolute Gasteiger partial charge is 0.0702 e. The van der Waals surface area contributed by atoms with Crippen LogP contribution in [0, 0.1) is 13.8 Å². The van der Waals surface area contributed by atoms with E-state index in [1.54, 1.807) is 0 Å². The summed E-state index contributed by atoms with van der Waals surface area (Å²) in [7, 11) is 1.97. The number of pyridine rings is 1. The van der Waals surface area contributed by atoms with Crippen LogP contribution in [0.1, 0.15) is 28.6 Å². The highest BCUT2D eigenvalue weighted by molar-refractivity contribution is 5.78. The first kappa shape index (κ1) is 13.8. The second kappa shape index (κ2) is 5.30. The second-order valence-electron chi connectivity index (χ2n) is 5.54. The highest BCUT2D eigenvalue weighted by atomic mass is 15.3. The number of nitrogens with two attached hydrogens (primary N) is 1. The van der Waals surface area contributed by atoms with Crippen LogP contribution < -0.4 is 5.73 Å². The molecule has 0 aliphatic carbocycles. The molecule has 1 aromatic carbocycles. The van der Waals surface area contributed by atoms with Crippen molar-refractivity contribution >= 4 is 10.9 Å². The van der Waals surface area contributed by atoms with Crippen molar-refractivity contribution in [1.29, 1.82) is 0 Å². The summed E-state index contributed by atoms with van der Waals surface area (Å²) < 4.78 is 1.91. The van der Waals surface area contributed by atoms with Gasteiger partial charge in [0.15, 0.2) is 0 Å². The van der Waals surface area contributed by atoms with Crippen molar-refractivity contribution < 1.29 is 0 Å². The number of benzene rings is 1. The van der Waals surface area contributed by atoms with Gasteiger partial charge in [0.2, 0.25) is 0 Å². The van der Waals surface area contributed by atoms with Crippen LogP contribution in [0.5, 0.6) is 0 Å². The van der Waals surface area contributed by atoms with Crippen molar-refractivity contribution in [3.63, 3.8) is 0 Å². The average Bonchev–Trinajstić information content (AvgIpc) is 2.73. The predicted octanol–water partition coefficient (Wildman–Crippen LogP) is 2.83. The lowest BCUT2D eigenvalue weighted by atomic mass is 9.98. The van der Waals surface area contributed by atoms with Crippen LogP contribution in [0.2, 0.25) is 0 Å². The van der Waals surface area contributed by atoms with Crippen molar-refractivity contribution in [3.05, 3.63) is 59.0 Å². The molecular weight excluding hydrogens is 260 g/mol. The van der Waals surface area contributed by atoms with Gasteiger partial charge in [-0.3, -0.25) is 9.67 Å². The van der Waals surface area contributed by atoms with Crippen LogP contribution >= 0.6 is 0 Å². The normalized spacial score (nSPS) is 12.8. The second-order valence-corrected chi connectivity index (χ2v) is 5.54. The van der Waals surface area contributed by atoms with Gasteiger partial charge in [-0.15, -0.1) is 0 Å². The molecular formula is C17H20N4. The molecule has 2 N–H and O–H groups in total. The van der Waals surface area contributed by atoms with Crippen LogP contribution in [-0.2, 0) is 13.5 Å². The summed E-state index contributed by atoms with van der Waals surface area (Å²) in [6, 6.07) is 10.2. The first-order chi connectivity index (χ1) is 10.1. The molecule has 0 saturated heterocycles. The summed E-state index contributed by atoms with van der Waals surface area (Å²) in [5.74, 6) is 0. The topological polar surface area (TPSA) is 56.7 Å². The van der Waals surface area contributed by atoms with E-state index in [0.717, 1.165) is 28.6 Å². The summed E-state index contributed by atoms with van der Waals surface area (Å²) in [6.07, 6.45) is 2.67. The van der Waals surface area contributed by atoms with Gasteiger partial charge < -0.3 is 5.73 Å². The molecule has 3 aromatic rings. The minimum absolute atomic E-state index is 0.0660. The van der Waals surface area contributed by atoms with Gasteiger partial charge in [-0.2, -0.15) is 5.10 Å². The van der Waals surface area contributed by atoms with Crippen molar-refractivity contribution in [2.24, 2.45) is 12.8 Å². The molecule has 2 aromatic heterocycles. The molecule has 2 heterocycles. The van der Waals surface area contributed by atoms with Crippen molar-refractivity contribution in [3.8, 4) is 0 Å². The molecule has 0 radical (unpaired) electrons. The third kappa shape index (κ3) is 2.54. The fourth-order valence-corrected chi connectivity index (χ4v) is 2.74. The lowest BCUT2D eigenvalue weighted by Gasteiger charge is -2.13. The maximum absolute atomic E-state index is 6.39. The summed E-state index contributed by atoms with van der Waals surface area (Å²) >= 11 is 0. The van der Waals surface area contributed by atoms with E-state index >= 15 is 0 Å². The van der Waals surface area contributed by atoms with E-state index in [0.29, 0.717) is 0 Å². The first-order valence-corrected chi connectivity index (χ1v) is 7.15. The molecule has 1 atom stereocenters. The van der Waals surface area contributed by atoms with Gasteiger partial charge in [-0.1, -0.05) is 18.2 Å². The monoisotopic (exact) mass is 280 g/mol. The molecule has 0 spiro atoms. The standard InChI is InChI=1S/C17H20N4/c1-11-15(12(2)21(3)20-11)9-16(18)14-8-13-6-4-5-7-17(13)19-10-14/h4-8,10,16H,9,18H2,1-3H3. The largest absolute Gasteiger partial charge is 0.324 e. The van der Waals surface area contributed by atoms with Crippen LogP contribution in [-0.4, -0.2) is 14.8 Å². The Hall–Kier alpha value is -2.20. The lowest BCUT2D eigenvalue weighted by molar-refractivity contribution is 0.706. The van der Waals surface area contributed by atoms with E-state index in [2.05, 4.69) is 29.1 Å². The molecule has 1 unspecified atom stereocenters. The maximum Gasteiger partial charge on any atom is 0.0702 e. The van der Waals surface area contributed by atoms with Gasteiger partial charge in [-0.05, 0) is 43.5 Å². The lowest BCUT2D eigenvalue weighted by Crippen LogP contribution is -2.14. The Bertz CT molecular complexity index is 789. The zero-order valence-electron chi connectivity index (χ0n) is 12.7. The Balaban J connectivity index is 1.91. The maximum atomic E-state index is 6.39. The van der Waals surface area contributed by atoms with Crippen molar-refractivity contribution in [2.75, 3.05) is 0 Å². The number of aromatic nitrogens is 3. The van der Waals surface area contributed by atoms with Crippen LogP contribution in [0.4, 0.5) is 0 Å². The van der Waals surface area contributed by atoms with Crippen molar-refractivity contribution in [2.45, 2.75) is 26.3 Å². The zero-order valence-corrected chi connectivity index (χ0v) is 12.7. The van der Waals surface area contributed by atoms with E-state index in [-0.39, 0.29) is 6.04 Å². The third-order valence-corrected chi connectivity index (χ3v) is 4.12. The molecule has 0 aliphatic heterocycles. The number of hydrogen-bond donors (Lipinski definition) is 1. The average molecular weight is 280 g/mol. The van der Waals surface area contributed by atoms with Crippen LogP contribution in [0.25, 0.3) is 10.9 Å². The number of rotatable bonds is 3. The number of aryl methyl sites for hydroxylation is 2. The Labute approximate surface area is 124 Å². The summed E-state index contributed by atoms with van der Waals surface area (Å²) in [5, 5.41) is 5.58. The zero-order chi connectivity index (χ0) is 15.0. The number of hydrogen-bond acceptors (Lipinski definition) is 3. The SMILES string of the molecule is Cc1nn(C)c(C)c1CC(N)c1cnc2ccccc2c1. The highest BCUT2D eigenvalue weighted by Gasteiger charge is 2.15. The van der Waals surface area contributed by atoms with Crippen LogP contribution in [0.3, 0.4) is 0 Å². The van der Waals surface area contributed by atoms with Gasteiger partial charge in [-0.25, -0.2) is 0 Å². The molecule has 108 valence electrons. The van der Waals surface area contributed by atoms with E-state index in [1.807, 2.05) is 43.0 Å². The van der Waals surface area contributed by atoms with E-state index < -0.39 is 0 Å². The summed E-state index contributed by atoms with van der Waals surface area (Å²) in [5.41, 5.74) is 11.9. The van der Waals surface area contributed by atoms with Gasteiger partial charge in [0.05, 0.1) is 11.2 Å². The fraction of sp³-hybridized carbons (Fsp3) is 0.294. The molecule has 0 bridgehead atoms. The molecule has 4 heteroatoms. The molecule has 0 aliphatic rings. The van der Waals surface area contributed by atoms with Gasteiger partial charge in [0.25, 0.3) is 0 Å². The number of nitrogens with zero attached hydrogens (tertiary/aromatic N) is 3. The number of fused-ring (bicyclic) bond motifs is 1. The third-order valence-electron chi connectivity index (χ3n) is 4.12. The van der Waals surface area contributed by atoms with Gasteiger partial charge in [0, 0.05) is 30.4 Å². The molecule has 0 fully saturated rings. The molecule has 4 nitrogen and oxygen atoms in total. The molecule has 21 heavy (non-hydrogen) atoms. The highest BCUT2D eigenvalue weighted by Crippen LogP contribution is 2.22. The van der Waals surface area contributed by atoms with Gasteiger partial charge >= 0.3 is 0 Å². The van der Waals surface area contributed by atoms with E-state index in [4.69, 9.17) is 5.73 Å². The molecule has 0 saturated carbocycles. The van der Waals surface area contributed by atoms with Gasteiger partial charge in [0.1, 0.15) is 0 Å². The summed E-state index contributed by atoms with van der Waals surface area (Å²) in [6.45, 7) is 4.12. The van der Waals surface area contributed by atoms with E-state index in [9.17, 15) is 0 Å². The Morgan fingerprint density at radius 2 is 2.00 bits per heavy atom. The van der Waals surface area contributed by atoms with Crippen molar-refractivity contribution in [1.82, 2.24) is 14.8 Å². The quantitative estimate of drug-likeness (QED) is 0.802.